The van der Waals surface area contributed by atoms with Crippen molar-refractivity contribution in [3.63, 3.8) is 0 Å². The molecule has 4 nitrogen and oxygen atoms in total. The number of carbonyl (C=O) groups excluding carboxylic acids is 1. The van der Waals surface area contributed by atoms with E-state index in [-0.39, 0.29) is 11.6 Å². The fourth-order valence-corrected chi connectivity index (χ4v) is 2.26. The monoisotopic (exact) mass is 263 g/mol. The van der Waals surface area contributed by atoms with Gasteiger partial charge in [-0.05, 0) is 51.1 Å². The lowest BCUT2D eigenvalue weighted by Gasteiger charge is -2.38. The topological polar surface area (TPSA) is 38.8 Å². The highest BCUT2D eigenvalue weighted by Crippen LogP contribution is 2.28. The summed E-state index contributed by atoms with van der Waals surface area (Å²) in [6.07, 6.45) is 2.03. The first-order valence-corrected chi connectivity index (χ1v) is 6.58. The van der Waals surface area contributed by atoms with Crippen LogP contribution in [-0.4, -0.2) is 43.7 Å². The first-order valence-electron chi connectivity index (χ1n) is 6.58. The molecule has 0 radical (unpaired) electrons. The molecule has 1 heterocycles. The van der Waals surface area contributed by atoms with E-state index in [2.05, 4.69) is 23.6 Å². The molecule has 0 bridgehead atoms. The minimum atomic E-state index is -0.322. The lowest BCUT2D eigenvalue weighted by molar-refractivity contribution is 0.0241. The summed E-state index contributed by atoms with van der Waals surface area (Å²) in [7, 11) is 3.51. The number of esters is 1. The van der Waals surface area contributed by atoms with Crippen LogP contribution in [0.4, 0.5) is 0 Å². The second kappa shape index (κ2) is 5.61. The summed E-state index contributed by atoms with van der Waals surface area (Å²) < 4.78 is 10.8. The number of rotatable bonds is 3. The number of hydrogen-bond acceptors (Lipinski definition) is 4. The van der Waals surface area contributed by atoms with Crippen LogP contribution in [0.5, 0.6) is 5.75 Å². The Morgan fingerprint density at radius 3 is 2.32 bits per heavy atom. The molecule has 1 fully saturated rings. The van der Waals surface area contributed by atoms with Gasteiger partial charge in [-0.15, -0.1) is 0 Å². The van der Waals surface area contributed by atoms with Crippen LogP contribution in [0.3, 0.4) is 0 Å². The molecule has 2 rings (SSSR count). The zero-order valence-electron chi connectivity index (χ0n) is 11.8. The molecule has 19 heavy (non-hydrogen) atoms. The molecule has 0 N–H and O–H groups in total. The van der Waals surface area contributed by atoms with E-state index in [1.807, 2.05) is 12.1 Å². The number of ether oxygens (including phenoxy) is 2. The number of likely N-dealkylation sites (tertiary alicyclic amines) is 1. The maximum absolute atomic E-state index is 11.3. The summed E-state index contributed by atoms with van der Waals surface area (Å²) in [5.41, 5.74) is 0.433. The molecule has 1 aliphatic heterocycles. The lowest BCUT2D eigenvalue weighted by Crippen LogP contribution is -2.44. The zero-order valence-corrected chi connectivity index (χ0v) is 11.8. The molecule has 0 aromatic heterocycles. The largest absolute Gasteiger partial charge is 0.487 e. The highest BCUT2D eigenvalue weighted by molar-refractivity contribution is 5.89. The fourth-order valence-electron chi connectivity index (χ4n) is 2.26. The molecule has 0 saturated carbocycles. The van der Waals surface area contributed by atoms with E-state index < -0.39 is 0 Å². The summed E-state index contributed by atoms with van der Waals surface area (Å²) in [6.45, 7) is 4.25. The van der Waals surface area contributed by atoms with Crippen molar-refractivity contribution in [2.75, 3.05) is 27.2 Å². The van der Waals surface area contributed by atoms with Gasteiger partial charge in [-0.2, -0.15) is 0 Å². The van der Waals surface area contributed by atoms with Crippen LogP contribution in [0.25, 0.3) is 0 Å². The Morgan fingerprint density at radius 1 is 1.21 bits per heavy atom. The van der Waals surface area contributed by atoms with Crippen LogP contribution in [0, 0.1) is 0 Å². The van der Waals surface area contributed by atoms with Gasteiger partial charge in [0.15, 0.2) is 0 Å². The van der Waals surface area contributed by atoms with Crippen molar-refractivity contribution in [3.8, 4) is 5.75 Å². The van der Waals surface area contributed by atoms with Gasteiger partial charge in [0.25, 0.3) is 0 Å². The van der Waals surface area contributed by atoms with Crippen molar-refractivity contribution in [3.05, 3.63) is 29.8 Å². The SMILES string of the molecule is COC(=O)c1ccc(OC2(C)CCN(C)CC2)cc1. The van der Waals surface area contributed by atoms with Gasteiger partial charge in [0.1, 0.15) is 11.4 Å². The molecule has 1 aromatic carbocycles. The Balaban J connectivity index is 2.01. The third kappa shape index (κ3) is 3.47. The van der Waals surface area contributed by atoms with Crippen molar-refractivity contribution < 1.29 is 14.3 Å². The standard InChI is InChI=1S/C15H21NO3/c1-15(8-10-16(2)11-9-15)19-13-6-4-12(5-7-13)14(17)18-3/h4-7H,8-11H2,1-3H3. The number of carbonyl (C=O) groups is 1. The number of benzene rings is 1. The average Bonchev–Trinajstić information content (AvgIpc) is 2.42. The van der Waals surface area contributed by atoms with Crippen molar-refractivity contribution >= 4 is 5.97 Å². The van der Waals surface area contributed by atoms with Crippen LogP contribution in [0.2, 0.25) is 0 Å². The molecule has 0 atom stereocenters. The second-order valence-electron chi connectivity index (χ2n) is 5.37. The summed E-state index contributed by atoms with van der Waals surface area (Å²) in [6, 6.07) is 7.13. The Bertz CT molecular complexity index is 433. The molecule has 0 amide bonds. The van der Waals surface area contributed by atoms with Gasteiger partial charge >= 0.3 is 5.97 Å². The summed E-state index contributed by atoms with van der Waals surface area (Å²) >= 11 is 0. The Labute approximate surface area is 114 Å². The lowest BCUT2D eigenvalue weighted by atomic mass is 9.93. The van der Waals surface area contributed by atoms with E-state index in [0.717, 1.165) is 31.7 Å². The van der Waals surface area contributed by atoms with Gasteiger partial charge in [0.05, 0.1) is 12.7 Å². The minimum Gasteiger partial charge on any atom is -0.487 e. The maximum atomic E-state index is 11.3. The predicted octanol–water partition coefficient (Wildman–Crippen LogP) is 2.34. The highest BCUT2D eigenvalue weighted by Gasteiger charge is 2.30. The van der Waals surface area contributed by atoms with Crippen LogP contribution in [0.15, 0.2) is 24.3 Å². The minimum absolute atomic E-state index is 0.112. The number of hydrogen-bond donors (Lipinski definition) is 0. The quantitative estimate of drug-likeness (QED) is 0.785. The molecule has 0 aliphatic carbocycles. The van der Waals surface area contributed by atoms with Gasteiger partial charge in [0.2, 0.25) is 0 Å². The van der Waals surface area contributed by atoms with Crippen LogP contribution in [-0.2, 0) is 4.74 Å². The number of piperidine rings is 1. The van der Waals surface area contributed by atoms with Crippen LogP contribution >= 0.6 is 0 Å². The first-order chi connectivity index (χ1) is 9.02. The predicted molar refractivity (Wildman–Crippen MR) is 73.5 cm³/mol. The van der Waals surface area contributed by atoms with Crippen molar-refractivity contribution in [1.82, 2.24) is 4.90 Å². The Kier molecular flexibility index (Phi) is 4.10. The third-order valence-corrected chi connectivity index (χ3v) is 3.68. The maximum Gasteiger partial charge on any atom is 0.337 e. The summed E-state index contributed by atoms with van der Waals surface area (Å²) in [5, 5.41) is 0. The van der Waals surface area contributed by atoms with Crippen molar-refractivity contribution in [1.29, 1.82) is 0 Å². The van der Waals surface area contributed by atoms with E-state index in [4.69, 9.17) is 4.74 Å². The van der Waals surface area contributed by atoms with Crippen molar-refractivity contribution in [2.45, 2.75) is 25.4 Å². The first kappa shape index (κ1) is 13.9. The molecule has 104 valence electrons. The van der Waals surface area contributed by atoms with Crippen LogP contribution < -0.4 is 4.74 Å². The molecular formula is C15H21NO3. The molecule has 1 aliphatic rings. The highest BCUT2D eigenvalue weighted by atomic mass is 16.5. The second-order valence-corrected chi connectivity index (χ2v) is 5.37. The molecule has 0 spiro atoms. The smallest absolute Gasteiger partial charge is 0.337 e. The van der Waals surface area contributed by atoms with Gasteiger partial charge in [-0.3, -0.25) is 0 Å². The molecule has 1 saturated heterocycles. The van der Waals surface area contributed by atoms with Gasteiger partial charge in [-0.1, -0.05) is 0 Å². The molecular weight excluding hydrogens is 242 g/mol. The van der Waals surface area contributed by atoms with E-state index in [1.54, 1.807) is 12.1 Å². The summed E-state index contributed by atoms with van der Waals surface area (Å²) in [4.78, 5) is 13.7. The van der Waals surface area contributed by atoms with Gasteiger partial charge < -0.3 is 14.4 Å². The molecule has 0 unspecified atom stereocenters. The van der Waals surface area contributed by atoms with E-state index in [1.165, 1.54) is 7.11 Å². The average molecular weight is 263 g/mol. The van der Waals surface area contributed by atoms with Gasteiger partial charge in [-0.25, -0.2) is 4.79 Å². The van der Waals surface area contributed by atoms with Crippen molar-refractivity contribution in [2.24, 2.45) is 0 Å². The molecule has 4 heteroatoms. The third-order valence-electron chi connectivity index (χ3n) is 3.68. The normalized spacial score (nSPS) is 18.9. The molecule has 1 aromatic rings. The Morgan fingerprint density at radius 2 is 1.79 bits per heavy atom. The van der Waals surface area contributed by atoms with Crippen LogP contribution in [0.1, 0.15) is 30.1 Å². The Hall–Kier alpha value is -1.55. The fraction of sp³-hybridized carbons (Fsp3) is 0.533. The number of methoxy groups -OCH3 is 1. The zero-order chi connectivity index (χ0) is 13.9. The van der Waals surface area contributed by atoms with E-state index in [0.29, 0.717) is 5.56 Å². The van der Waals surface area contributed by atoms with Gasteiger partial charge in [0, 0.05) is 13.1 Å². The van der Waals surface area contributed by atoms with E-state index in [9.17, 15) is 4.79 Å². The van der Waals surface area contributed by atoms with E-state index >= 15 is 0 Å². The summed E-state index contributed by atoms with van der Waals surface area (Å²) in [5.74, 6) is 0.483. The number of nitrogens with zero attached hydrogens (tertiary/aromatic N) is 1.